The largest absolute Gasteiger partial charge is 0.395 e. The highest BCUT2D eigenvalue weighted by Gasteiger charge is 2.23. The van der Waals surface area contributed by atoms with Crippen LogP contribution in [-0.4, -0.2) is 22.7 Å². The van der Waals surface area contributed by atoms with E-state index in [2.05, 4.69) is 5.10 Å². The number of rotatable bonds is 3. The standard InChI is InChI=1S/C14H17FN4O/c1-4-19-13(12(16)9(2)17-19)14(20)18(3)11-7-5-6-10(15)8-11/h5-8H,4,16H2,1-3H3. The molecule has 1 aromatic carbocycles. The summed E-state index contributed by atoms with van der Waals surface area (Å²) in [4.78, 5) is 13.9. The van der Waals surface area contributed by atoms with Crippen LogP contribution >= 0.6 is 0 Å². The molecule has 1 aromatic heterocycles. The van der Waals surface area contributed by atoms with E-state index in [0.29, 0.717) is 29.3 Å². The molecule has 2 N–H and O–H groups in total. The molecule has 0 saturated heterocycles. The number of nitrogen functional groups attached to an aromatic ring is 1. The van der Waals surface area contributed by atoms with E-state index in [9.17, 15) is 9.18 Å². The lowest BCUT2D eigenvalue weighted by Crippen LogP contribution is -2.29. The highest BCUT2D eigenvalue weighted by molar-refractivity contribution is 6.08. The van der Waals surface area contributed by atoms with Gasteiger partial charge >= 0.3 is 0 Å². The van der Waals surface area contributed by atoms with Gasteiger partial charge in [-0.15, -0.1) is 0 Å². The summed E-state index contributed by atoms with van der Waals surface area (Å²) in [5.74, 6) is -0.703. The van der Waals surface area contributed by atoms with E-state index >= 15 is 0 Å². The van der Waals surface area contributed by atoms with Gasteiger partial charge in [-0.25, -0.2) is 4.39 Å². The third kappa shape index (κ3) is 2.36. The Hall–Kier alpha value is -2.37. The Morgan fingerprint density at radius 1 is 1.50 bits per heavy atom. The second kappa shape index (κ2) is 5.32. The fourth-order valence-corrected chi connectivity index (χ4v) is 2.01. The van der Waals surface area contributed by atoms with E-state index in [1.807, 2.05) is 6.92 Å². The first kappa shape index (κ1) is 14.0. The Morgan fingerprint density at radius 2 is 2.20 bits per heavy atom. The number of anilines is 2. The van der Waals surface area contributed by atoms with Crippen molar-refractivity contribution < 1.29 is 9.18 Å². The molecular formula is C14H17FN4O. The Balaban J connectivity index is 2.41. The first-order chi connectivity index (χ1) is 9.45. The molecule has 2 rings (SSSR count). The molecule has 106 valence electrons. The molecule has 20 heavy (non-hydrogen) atoms. The number of nitrogens with two attached hydrogens (primary N) is 1. The van der Waals surface area contributed by atoms with E-state index < -0.39 is 5.82 Å². The van der Waals surface area contributed by atoms with Gasteiger partial charge in [0.15, 0.2) is 0 Å². The van der Waals surface area contributed by atoms with Crippen molar-refractivity contribution in [3.8, 4) is 0 Å². The maximum atomic E-state index is 13.2. The molecule has 0 aliphatic carbocycles. The van der Waals surface area contributed by atoms with Crippen molar-refractivity contribution in [2.75, 3.05) is 17.7 Å². The molecule has 0 unspecified atom stereocenters. The zero-order chi connectivity index (χ0) is 14.9. The highest BCUT2D eigenvalue weighted by Crippen LogP contribution is 2.22. The minimum Gasteiger partial charge on any atom is -0.395 e. The maximum Gasteiger partial charge on any atom is 0.278 e. The van der Waals surface area contributed by atoms with Crippen molar-refractivity contribution in [1.29, 1.82) is 0 Å². The fourth-order valence-electron chi connectivity index (χ4n) is 2.01. The SMILES string of the molecule is CCn1nc(C)c(N)c1C(=O)N(C)c1cccc(F)c1. The van der Waals surface area contributed by atoms with Crippen molar-refractivity contribution in [2.45, 2.75) is 20.4 Å². The lowest BCUT2D eigenvalue weighted by molar-refractivity contribution is 0.0983. The molecule has 1 heterocycles. The Kier molecular flexibility index (Phi) is 3.74. The van der Waals surface area contributed by atoms with Gasteiger partial charge in [0.05, 0.1) is 11.4 Å². The molecule has 0 fully saturated rings. The third-order valence-corrected chi connectivity index (χ3v) is 3.18. The molecule has 5 nitrogen and oxygen atoms in total. The van der Waals surface area contributed by atoms with Crippen molar-refractivity contribution >= 4 is 17.3 Å². The topological polar surface area (TPSA) is 64.2 Å². The molecule has 1 amide bonds. The summed E-state index contributed by atoms with van der Waals surface area (Å²) in [7, 11) is 1.58. The number of carbonyl (C=O) groups is 1. The van der Waals surface area contributed by atoms with Gasteiger partial charge in [0, 0.05) is 19.3 Å². The first-order valence-electron chi connectivity index (χ1n) is 6.32. The molecule has 0 spiro atoms. The van der Waals surface area contributed by atoms with Gasteiger partial charge in [-0.05, 0) is 32.0 Å². The quantitative estimate of drug-likeness (QED) is 0.934. The summed E-state index contributed by atoms with van der Waals surface area (Å²) in [5.41, 5.74) is 7.69. The van der Waals surface area contributed by atoms with Gasteiger partial charge < -0.3 is 10.6 Å². The van der Waals surface area contributed by atoms with Crippen LogP contribution in [0.25, 0.3) is 0 Å². The van der Waals surface area contributed by atoms with Crippen LogP contribution in [0, 0.1) is 12.7 Å². The van der Waals surface area contributed by atoms with Gasteiger partial charge in [-0.1, -0.05) is 6.07 Å². The molecule has 0 aliphatic rings. The number of hydrogen-bond donors (Lipinski definition) is 1. The Morgan fingerprint density at radius 3 is 2.80 bits per heavy atom. The molecule has 0 aliphatic heterocycles. The lowest BCUT2D eigenvalue weighted by Gasteiger charge is -2.18. The zero-order valence-corrected chi connectivity index (χ0v) is 11.7. The van der Waals surface area contributed by atoms with Crippen LogP contribution in [0.1, 0.15) is 23.1 Å². The van der Waals surface area contributed by atoms with E-state index in [1.165, 1.54) is 17.0 Å². The van der Waals surface area contributed by atoms with Crippen LogP contribution in [0.15, 0.2) is 24.3 Å². The van der Waals surface area contributed by atoms with Crippen LogP contribution < -0.4 is 10.6 Å². The number of benzene rings is 1. The van der Waals surface area contributed by atoms with E-state index in [0.717, 1.165) is 0 Å². The monoisotopic (exact) mass is 276 g/mol. The maximum absolute atomic E-state index is 13.2. The predicted molar refractivity (Wildman–Crippen MR) is 76.2 cm³/mol. The highest BCUT2D eigenvalue weighted by atomic mass is 19.1. The Bertz CT molecular complexity index is 651. The minimum absolute atomic E-state index is 0.310. The van der Waals surface area contributed by atoms with Gasteiger partial charge in [0.25, 0.3) is 5.91 Å². The molecule has 6 heteroatoms. The summed E-state index contributed by atoms with van der Waals surface area (Å²) >= 11 is 0. The van der Waals surface area contributed by atoms with E-state index in [4.69, 9.17) is 5.73 Å². The summed E-state index contributed by atoms with van der Waals surface area (Å²) in [5, 5.41) is 4.21. The van der Waals surface area contributed by atoms with Crippen LogP contribution in [0.3, 0.4) is 0 Å². The molecular weight excluding hydrogens is 259 g/mol. The number of aromatic nitrogens is 2. The van der Waals surface area contributed by atoms with Crippen molar-refractivity contribution in [3.63, 3.8) is 0 Å². The summed E-state index contributed by atoms with van der Waals surface area (Å²) in [6.07, 6.45) is 0. The van der Waals surface area contributed by atoms with Crippen LogP contribution in [0.4, 0.5) is 15.8 Å². The first-order valence-corrected chi connectivity index (χ1v) is 6.32. The number of hydrogen-bond acceptors (Lipinski definition) is 3. The second-order valence-electron chi connectivity index (χ2n) is 4.51. The lowest BCUT2D eigenvalue weighted by atomic mass is 10.2. The molecule has 2 aromatic rings. The van der Waals surface area contributed by atoms with Crippen molar-refractivity contribution in [2.24, 2.45) is 0 Å². The molecule has 0 atom stereocenters. The van der Waals surface area contributed by atoms with Gasteiger partial charge in [-0.2, -0.15) is 5.10 Å². The van der Waals surface area contributed by atoms with E-state index in [-0.39, 0.29) is 5.91 Å². The molecule has 0 bridgehead atoms. The summed E-state index contributed by atoms with van der Waals surface area (Å²) in [6.45, 7) is 4.17. The minimum atomic E-state index is -0.393. The van der Waals surface area contributed by atoms with Crippen molar-refractivity contribution in [1.82, 2.24) is 9.78 Å². The molecule has 0 radical (unpaired) electrons. The predicted octanol–water partition coefficient (Wildman–Crippen LogP) is 2.21. The second-order valence-corrected chi connectivity index (χ2v) is 4.51. The number of halogens is 1. The van der Waals surface area contributed by atoms with Crippen LogP contribution in [-0.2, 0) is 6.54 Å². The average molecular weight is 276 g/mol. The van der Waals surface area contributed by atoms with Gasteiger partial charge in [0.2, 0.25) is 0 Å². The summed E-state index contributed by atoms with van der Waals surface area (Å²) in [6, 6.07) is 5.85. The number of nitrogens with zero attached hydrogens (tertiary/aromatic N) is 3. The number of carbonyl (C=O) groups excluding carboxylic acids is 1. The zero-order valence-electron chi connectivity index (χ0n) is 11.7. The van der Waals surface area contributed by atoms with Crippen LogP contribution in [0.5, 0.6) is 0 Å². The fraction of sp³-hybridized carbons (Fsp3) is 0.286. The average Bonchev–Trinajstić information content (AvgIpc) is 2.72. The number of amides is 1. The van der Waals surface area contributed by atoms with E-state index in [1.54, 1.807) is 30.8 Å². The number of aryl methyl sites for hydroxylation is 2. The smallest absolute Gasteiger partial charge is 0.278 e. The third-order valence-electron chi connectivity index (χ3n) is 3.18. The van der Waals surface area contributed by atoms with Crippen LogP contribution in [0.2, 0.25) is 0 Å². The normalized spacial score (nSPS) is 10.6. The Labute approximate surface area is 116 Å². The van der Waals surface area contributed by atoms with Gasteiger partial charge in [-0.3, -0.25) is 9.48 Å². The van der Waals surface area contributed by atoms with Crippen molar-refractivity contribution in [3.05, 3.63) is 41.5 Å². The summed E-state index contributed by atoms with van der Waals surface area (Å²) < 4.78 is 14.8. The molecule has 0 saturated carbocycles. The van der Waals surface area contributed by atoms with Gasteiger partial charge in [0.1, 0.15) is 11.5 Å².